The van der Waals surface area contributed by atoms with Crippen molar-refractivity contribution >= 4 is 17.4 Å². The molecular formula is C17H21N3O. The maximum Gasteiger partial charge on any atom is 0.339 e. The molecule has 0 saturated heterocycles. The zero-order valence-corrected chi connectivity index (χ0v) is 12.5. The number of allylic oxidation sites excluding steroid dienone is 3. The number of rotatable bonds is 3. The van der Waals surface area contributed by atoms with E-state index >= 15 is 0 Å². The summed E-state index contributed by atoms with van der Waals surface area (Å²) in [5, 5.41) is 6.97. The number of urea groups is 1. The monoisotopic (exact) mass is 283 g/mol. The maximum absolute atomic E-state index is 11.8. The zero-order chi connectivity index (χ0) is 15.2. The molecule has 0 unspecified atom stereocenters. The second-order valence-corrected chi connectivity index (χ2v) is 5.36. The van der Waals surface area contributed by atoms with E-state index in [0.29, 0.717) is 5.92 Å². The number of amides is 2. The van der Waals surface area contributed by atoms with Gasteiger partial charge in [-0.3, -0.25) is 0 Å². The van der Waals surface area contributed by atoms with Crippen LogP contribution in [-0.2, 0) is 0 Å². The molecule has 2 rings (SSSR count). The fourth-order valence-electron chi connectivity index (χ4n) is 2.22. The van der Waals surface area contributed by atoms with Crippen molar-refractivity contribution in [3.63, 3.8) is 0 Å². The Bertz CT molecular complexity index is 587. The average Bonchev–Trinajstić information content (AvgIpc) is 2.47. The van der Waals surface area contributed by atoms with Crippen LogP contribution in [0.4, 0.5) is 10.5 Å². The van der Waals surface area contributed by atoms with E-state index < -0.39 is 0 Å². The first-order chi connectivity index (χ1) is 10.1. The highest BCUT2D eigenvalue weighted by Crippen LogP contribution is 2.26. The second kappa shape index (κ2) is 6.88. The summed E-state index contributed by atoms with van der Waals surface area (Å²) in [6.07, 6.45) is 3.97. The molecule has 110 valence electrons. The minimum absolute atomic E-state index is 0.334. The average molecular weight is 283 g/mol. The van der Waals surface area contributed by atoms with E-state index in [2.05, 4.69) is 28.5 Å². The molecule has 1 aromatic rings. The van der Waals surface area contributed by atoms with Crippen LogP contribution in [-0.4, -0.2) is 11.7 Å². The van der Waals surface area contributed by atoms with Crippen molar-refractivity contribution in [2.24, 2.45) is 11.0 Å². The van der Waals surface area contributed by atoms with Crippen molar-refractivity contribution in [3.05, 3.63) is 54.1 Å². The van der Waals surface area contributed by atoms with Crippen molar-refractivity contribution in [1.29, 1.82) is 0 Å². The first kappa shape index (κ1) is 15.0. The molecule has 1 atom stereocenters. The lowest BCUT2D eigenvalue weighted by Crippen LogP contribution is -2.27. The Labute approximate surface area is 125 Å². The summed E-state index contributed by atoms with van der Waals surface area (Å²) in [4.78, 5) is 11.8. The van der Waals surface area contributed by atoms with Crippen molar-refractivity contribution in [2.75, 3.05) is 5.32 Å². The van der Waals surface area contributed by atoms with Gasteiger partial charge in [0, 0.05) is 5.69 Å². The number of nitrogens with one attached hydrogen (secondary N) is 2. The fourth-order valence-corrected chi connectivity index (χ4v) is 2.22. The zero-order valence-electron chi connectivity index (χ0n) is 12.5. The summed E-state index contributed by atoms with van der Waals surface area (Å²) >= 11 is 0. The largest absolute Gasteiger partial charge is 0.339 e. The Balaban J connectivity index is 1.96. The highest BCUT2D eigenvalue weighted by molar-refractivity contribution is 6.01. The number of benzene rings is 1. The van der Waals surface area contributed by atoms with Crippen LogP contribution >= 0.6 is 0 Å². The third kappa shape index (κ3) is 4.31. The highest BCUT2D eigenvalue weighted by atomic mass is 16.2. The Hall–Kier alpha value is -2.36. The summed E-state index contributed by atoms with van der Waals surface area (Å²) < 4.78 is 0. The maximum atomic E-state index is 11.8. The molecule has 21 heavy (non-hydrogen) atoms. The van der Waals surface area contributed by atoms with Crippen molar-refractivity contribution < 1.29 is 4.79 Å². The first-order valence-electron chi connectivity index (χ1n) is 7.07. The molecule has 2 N–H and O–H groups in total. The van der Waals surface area contributed by atoms with Gasteiger partial charge in [0.05, 0.1) is 5.71 Å². The smallest absolute Gasteiger partial charge is 0.307 e. The predicted octanol–water partition coefficient (Wildman–Crippen LogP) is 4.10. The van der Waals surface area contributed by atoms with Gasteiger partial charge in [0.25, 0.3) is 0 Å². The van der Waals surface area contributed by atoms with Gasteiger partial charge in [-0.05, 0) is 50.3 Å². The van der Waals surface area contributed by atoms with Crippen molar-refractivity contribution in [3.8, 4) is 0 Å². The molecule has 0 heterocycles. The van der Waals surface area contributed by atoms with Gasteiger partial charge in [-0.1, -0.05) is 36.4 Å². The first-order valence-corrected chi connectivity index (χ1v) is 7.07. The molecular weight excluding hydrogens is 262 g/mol. The Morgan fingerprint density at radius 3 is 2.71 bits per heavy atom. The predicted molar refractivity (Wildman–Crippen MR) is 87.3 cm³/mol. The third-order valence-electron chi connectivity index (χ3n) is 3.62. The quantitative estimate of drug-likeness (QED) is 0.637. The number of hydrazone groups is 1. The molecule has 1 aromatic carbocycles. The number of para-hydroxylation sites is 1. The van der Waals surface area contributed by atoms with Crippen molar-refractivity contribution in [2.45, 2.75) is 26.7 Å². The van der Waals surface area contributed by atoms with Crippen molar-refractivity contribution in [1.82, 2.24) is 5.43 Å². The third-order valence-corrected chi connectivity index (χ3v) is 3.62. The molecule has 1 aliphatic rings. The SMILES string of the molecule is C=C(C)[C@H]1CC=C(C)C(=NNC(=O)Nc2ccccc2)C1. The molecule has 0 bridgehead atoms. The highest BCUT2D eigenvalue weighted by Gasteiger charge is 2.18. The van der Waals surface area contributed by atoms with Gasteiger partial charge in [0.2, 0.25) is 0 Å². The molecule has 0 fully saturated rings. The molecule has 0 radical (unpaired) electrons. The molecule has 2 amide bonds. The lowest BCUT2D eigenvalue weighted by Gasteiger charge is -2.22. The molecule has 0 spiro atoms. The van der Waals surface area contributed by atoms with Crippen LogP contribution in [0.25, 0.3) is 0 Å². The molecule has 0 aliphatic heterocycles. The molecule has 0 aromatic heterocycles. The van der Waals surface area contributed by atoms with Gasteiger partial charge < -0.3 is 5.32 Å². The van der Waals surface area contributed by atoms with Gasteiger partial charge in [-0.15, -0.1) is 0 Å². The summed E-state index contributed by atoms with van der Waals surface area (Å²) in [6, 6.07) is 8.96. The van der Waals surface area contributed by atoms with E-state index in [1.807, 2.05) is 44.2 Å². The van der Waals surface area contributed by atoms with E-state index in [-0.39, 0.29) is 6.03 Å². The Morgan fingerprint density at radius 1 is 1.33 bits per heavy atom. The molecule has 4 heteroatoms. The second-order valence-electron chi connectivity index (χ2n) is 5.36. The van der Waals surface area contributed by atoms with E-state index in [0.717, 1.165) is 35.4 Å². The van der Waals surface area contributed by atoms with Crippen LogP contribution < -0.4 is 10.7 Å². The fraction of sp³-hybridized carbons (Fsp3) is 0.294. The van der Waals surface area contributed by atoms with Gasteiger partial charge in [0.1, 0.15) is 0 Å². The van der Waals surface area contributed by atoms with E-state index in [1.165, 1.54) is 0 Å². The topological polar surface area (TPSA) is 53.5 Å². The molecule has 0 saturated carbocycles. The van der Waals surface area contributed by atoms with E-state index in [9.17, 15) is 4.79 Å². The van der Waals surface area contributed by atoms with Gasteiger partial charge in [-0.25, -0.2) is 10.2 Å². The Kier molecular flexibility index (Phi) is 4.93. The normalized spacial score (nSPS) is 19.8. The Morgan fingerprint density at radius 2 is 2.05 bits per heavy atom. The number of carbonyl (C=O) groups is 1. The van der Waals surface area contributed by atoms with Crippen LogP contribution in [0, 0.1) is 5.92 Å². The summed E-state index contributed by atoms with van der Waals surface area (Å²) in [6.45, 7) is 8.06. The number of nitrogens with zero attached hydrogens (tertiary/aromatic N) is 1. The summed E-state index contributed by atoms with van der Waals surface area (Å²) in [5.74, 6) is 0.409. The van der Waals surface area contributed by atoms with Crippen LogP contribution in [0.5, 0.6) is 0 Å². The minimum Gasteiger partial charge on any atom is -0.307 e. The minimum atomic E-state index is -0.334. The van der Waals surface area contributed by atoms with Gasteiger partial charge >= 0.3 is 6.03 Å². The molecule has 4 nitrogen and oxygen atoms in total. The summed E-state index contributed by atoms with van der Waals surface area (Å²) in [7, 11) is 0. The standard InChI is InChI=1S/C17H21N3O/c1-12(2)14-10-9-13(3)16(11-14)19-20-17(21)18-15-7-5-4-6-8-15/h4-9,14H,1,10-11H2,2-3H3,(H2,18,20,21)/t14-/m0/s1. The number of carbonyl (C=O) groups excluding carboxylic acids is 1. The van der Waals surface area contributed by atoms with E-state index in [1.54, 1.807) is 0 Å². The van der Waals surface area contributed by atoms with Crippen LogP contribution in [0.1, 0.15) is 26.7 Å². The van der Waals surface area contributed by atoms with Gasteiger partial charge in [0.15, 0.2) is 0 Å². The lowest BCUT2D eigenvalue weighted by molar-refractivity contribution is 0.252. The number of hydrogen-bond donors (Lipinski definition) is 2. The van der Waals surface area contributed by atoms with Gasteiger partial charge in [-0.2, -0.15) is 5.10 Å². The van der Waals surface area contributed by atoms with Crippen LogP contribution in [0.2, 0.25) is 0 Å². The van der Waals surface area contributed by atoms with Crippen LogP contribution in [0.3, 0.4) is 0 Å². The lowest BCUT2D eigenvalue weighted by atomic mass is 9.85. The number of hydrogen-bond acceptors (Lipinski definition) is 2. The summed E-state index contributed by atoms with van der Waals surface area (Å²) in [5.41, 5.74) is 6.49. The van der Waals surface area contributed by atoms with Crippen LogP contribution in [0.15, 0.2) is 59.2 Å². The number of anilines is 1. The van der Waals surface area contributed by atoms with E-state index in [4.69, 9.17) is 0 Å². The molecule has 1 aliphatic carbocycles.